The molecular formula is C23H22N2O4. The average Bonchev–Trinajstić information content (AvgIpc) is 2.77. The van der Waals surface area contributed by atoms with E-state index in [4.69, 9.17) is 9.47 Å². The van der Waals surface area contributed by atoms with Crippen molar-refractivity contribution in [1.29, 1.82) is 0 Å². The first-order valence-electron chi connectivity index (χ1n) is 9.17. The molecule has 0 unspecified atom stereocenters. The Morgan fingerprint density at radius 2 is 1.69 bits per heavy atom. The molecule has 0 saturated carbocycles. The summed E-state index contributed by atoms with van der Waals surface area (Å²) in [5.41, 5.74) is 2.52. The Labute approximate surface area is 169 Å². The van der Waals surface area contributed by atoms with Crippen molar-refractivity contribution in [3.8, 4) is 11.5 Å². The molecule has 29 heavy (non-hydrogen) atoms. The van der Waals surface area contributed by atoms with E-state index in [2.05, 4.69) is 10.3 Å². The van der Waals surface area contributed by atoms with Gasteiger partial charge in [-0.25, -0.2) is 0 Å². The van der Waals surface area contributed by atoms with Crippen LogP contribution in [-0.2, 0) is 11.2 Å². The van der Waals surface area contributed by atoms with Gasteiger partial charge in [0.2, 0.25) is 5.91 Å². The first kappa shape index (κ1) is 20.1. The number of carbonyl (C=O) groups is 2. The fourth-order valence-electron chi connectivity index (χ4n) is 3.03. The highest BCUT2D eigenvalue weighted by Crippen LogP contribution is 2.31. The number of nitrogens with one attached hydrogen (secondary N) is 1. The second-order valence-electron chi connectivity index (χ2n) is 6.35. The normalized spacial score (nSPS) is 10.3. The number of aromatic nitrogens is 1. The molecule has 0 radical (unpaired) electrons. The molecule has 6 nitrogen and oxygen atoms in total. The minimum absolute atomic E-state index is 0.121. The number of ether oxygens (including phenoxy) is 2. The van der Waals surface area contributed by atoms with Gasteiger partial charge in [-0.2, -0.15) is 0 Å². The Hall–Kier alpha value is -3.67. The zero-order chi connectivity index (χ0) is 20.6. The average molecular weight is 390 g/mol. The Bertz CT molecular complexity index is 1000. The Morgan fingerprint density at radius 3 is 2.41 bits per heavy atom. The Morgan fingerprint density at radius 1 is 0.931 bits per heavy atom. The fraction of sp³-hybridized carbons (Fsp3) is 0.174. The van der Waals surface area contributed by atoms with Crippen molar-refractivity contribution in [2.75, 3.05) is 19.5 Å². The molecule has 0 aliphatic rings. The summed E-state index contributed by atoms with van der Waals surface area (Å²) in [6.07, 6.45) is 3.92. The van der Waals surface area contributed by atoms with Gasteiger partial charge >= 0.3 is 0 Å². The summed E-state index contributed by atoms with van der Waals surface area (Å²) in [4.78, 5) is 28.9. The van der Waals surface area contributed by atoms with Crippen LogP contribution in [0, 0.1) is 0 Å². The van der Waals surface area contributed by atoms with E-state index in [1.165, 1.54) is 0 Å². The molecule has 3 rings (SSSR count). The van der Waals surface area contributed by atoms with Crippen LogP contribution in [0.4, 0.5) is 5.69 Å². The number of para-hydroxylation sites is 1. The van der Waals surface area contributed by atoms with Gasteiger partial charge in [0.15, 0.2) is 17.3 Å². The monoisotopic (exact) mass is 390 g/mol. The van der Waals surface area contributed by atoms with Crippen LogP contribution in [0.15, 0.2) is 67.0 Å². The van der Waals surface area contributed by atoms with Crippen molar-refractivity contribution in [1.82, 2.24) is 4.98 Å². The topological polar surface area (TPSA) is 77.5 Å². The first-order chi connectivity index (χ1) is 14.1. The number of pyridine rings is 1. The van der Waals surface area contributed by atoms with Crippen LogP contribution in [0.5, 0.6) is 11.5 Å². The number of carbonyl (C=O) groups excluding carboxylic acids is 2. The van der Waals surface area contributed by atoms with E-state index >= 15 is 0 Å². The number of benzene rings is 2. The molecule has 1 aromatic heterocycles. The summed E-state index contributed by atoms with van der Waals surface area (Å²) < 4.78 is 10.7. The van der Waals surface area contributed by atoms with E-state index in [0.717, 1.165) is 5.56 Å². The van der Waals surface area contributed by atoms with E-state index in [0.29, 0.717) is 34.7 Å². The van der Waals surface area contributed by atoms with Crippen LogP contribution < -0.4 is 14.8 Å². The predicted octanol–water partition coefficient (Wildman–Crippen LogP) is 3.90. The zero-order valence-electron chi connectivity index (χ0n) is 16.3. The number of methoxy groups -OCH3 is 2. The molecule has 0 bridgehead atoms. The minimum atomic E-state index is -0.150. The van der Waals surface area contributed by atoms with Crippen LogP contribution in [0.3, 0.4) is 0 Å². The fourth-order valence-corrected chi connectivity index (χ4v) is 3.03. The lowest BCUT2D eigenvalue weighted by Gasteiger charge is -2.12. The quantitative estimate of drug-likeness (QED) is 0.590. The molecule has 3 aromatic rings. The van der Waals surface area contributed by atoms with Crippen molar-refractivity contribution in [3.05, 3.63) is 83.7 Å². The van der Waals surface area contributed by atoms with E-state index in [9.17, 15) is 9.59 Å². The van der Waals surface area contributed by atoms with Crippen LogP contribution in [-0.4, -0.2) is 30.9 Å². The second kappa shape index (κ2) is 9.50. The van der Waals surface area contributed by atoms with E-state index in [-0.39, 0.29) is 18.1 Å². The maximum absolute atomic E-state index is 12.6. The number of amides is 1. The van der Waals surface area contributed by atoms with Gasteiger partial charge in [-0.3, -0.25) is 14.6 Å². The van der Waals surface area contributed by atoms with E-state index in [1.54, 1.807) is 63.0 Å². The summed E-state index contributed by atoms with van der Waals surface area (Å²) >= 11 is 0. The number of hydrogen-bond acceptors (Lipinski definition) is 5. The third-order valence-electron chi connectivity index (χ3n) is 4.46. The number of nitrogens with zero attached hydrogens (tertiary/aromatic N) is 1. The highest BCUT2D eigenvalue weighted by atomic mass is 16.5. The van der Waals surface area contributed by atoms with Gasteiger partial charge in [0.25, 0.3) is 0 Å². The highest BCUT2D eigenvalue weighted by molar-refractivity contribution is 6.09. The largest absolute Gasteiger partial charge is 0.493 e. The van der Waals surface area contributed by atoms with Gasteiger partial charge in [0.1, 0.15) is 0 Å². The SMILES string of the molecule is COc1cccc(CCC(=O)Nc2cccc(C(=O)c3ccncc3)c2)c1OC. The van der Waals surface area contributed by atoms with Crippen molar-refractivity contribution in [2.45, 2.75) is 12.8 Å². The van der Waals surface area contributed by atoms with Gasteiger partial charge in [-0.15, -0.1) is 0 Å². The highest BCUT2D eigenvalue weighted by Gasteiger charge is 2.13. The number of ketones is 1. The van der Waals surface area contributed by atoms with Crippen LogP contribution in [0.1, 0.15) is 27.9 Å². The third-order valence-corrected chi connectivity index (χ3v) is 4.46. The second-order valence-corrected chi connectivity index (χ2v) is 6.35. The van der Waals surface area contributed by atoms with Crippen molar-refractivity contribution < 1.29 is 19.1 Å². The lowest BCUT2D eigenvalue weighted by atomic mass is 10.0. The standard InChI is InChI=1S/C23H22N2O4/c1-28-20-8-4-5-17(23(20)29-2)9-10-21(26)25-19-7-3-6-18(15-19)22(27)16-11-13-24-14-12-16/h3-8,11-15H,9-10H2,1-2H3,(H,25,26). The van der Waals surface area contributed by atoms with Crippen LogP contribution in [0.2, 0.25) is 0 Å². The maximum Gasteiger partial charge on any atom is 0.224 e. The van der Waals surface area contributed by atoms with E-state index in [1.807, 2.05) is 18.2 Å². The number of anilines is 1. The van der Waals surface area contributed by atoms with Gasteiger partial charge in [0, 0.05) is 35.6 Å². The van der Waals surface area contributed by atoms with Gasteiger partial charge < -0.3 is 14.8 Å². The number of rotatable bonds is 8. The lowest BCUT2D eigenvalue weighted by Crippen LogP contribution is -2.13. The Kier molecular flexibility index (Phi) is 6.58. The van der Waals surface area contributed by atoms with Crippen LogP contribution >= 0.6 is 0 Å². The van der Waals surface area contributed by atoms with Gasteiger partial charge in [0.05, 0.1) is 14.2 Å². The van der Waals surface area contributed by atoms with Gasteiger partial charge in [-0.1, -0.05) is 24.3 Å². The minimum Gasteiger partial charge on any atom is -0.493 e. The molecule has 0 saturated heterocycles. The smallest absolute Gasteiger partial charge is 0.224 e. The summed E-state index contributed by atoms with van der Waals surface area (Å²) in [7, 11) is 3.15. The zero-order valence-corrected chi connectivity index (χ0v) is 16.3. The molecule has 0 spiro atoms. The summed E-state index contributed by atoms with van der Waals surface area (Å²) in [6, 6.07) is 15.8. The molecule has 0 aliphatic heterocycles. The third kappa shape index (κ3) is 4.99. The van der Waals surface area contributed by atoms with Crippen molar-refractivity contribution in [3.63, 3.8) is 0 Å². The molecule has 0 aliphatic carbocycles. The molecule has 1 N–H and O–H groups in total. The molecule has 2 aromatic carbocycles. The molecule has 1 amide bonds. The summed E-state index contributed by atoms with van der Waals surface area (Å²) in [5, 5.41) is 2.85. The van der Waals surface area contributed by atoms with E-state index < -0.39 is 0 Å². The molecule has 1 heterocycles. The predicted molar refractivity (Wildman–Crippen MR) is 111 cm³/mol. The Balaban J connectivity index is 1.65. The van der Waals surface area contributed by atoms with Crippen molar-refractivity contribution in [2.24, 2.45) is 0 Å². The van der Waals surface area contributed by atoms with Gasteiger partial charge in [-0.05, 0) is 42.3 Å². The van der Waals surface area contributed by atoms with Crippen LogP contribution in [0.25, 0.3) is 0 Å². The number of hydrogen-bond donors (Lipinski definition) is 1. The molecular weight excluding hydrogens is 368 g/mol. The molecule has 148 valence electrons. The summed E-state index contributed by atoms with van der Waals surface area (Å²) in [5.74, 6) is 0.994. The molecule has 0 fully saturated rings. The first-order valence-corrected chi connectivity index (χ1v) is 9.17. The van der Waals surface area contributed by atoms with Crippen molar-refractivity contribution >= 4 is 17.4 Å². The lowest BCUT2D eigenvalue weighted by molar-refractivity contribution is -0.116. The molecule has 0 atom stereocenters. The summed E-state index contributed by atoms with van der Waals surface area (Å²) in [6.45, 7) is 0. The molecule has 6 heteroatoms. The maximum atomic E-state index is 12.6. The number of aryl methyl sites for hydroxylation is 1.